The SMILES string of the molecule is CCNC(c1ccc(Cl)cc1)c1cncc(Br)c1. The third-order valence-electron chi connectivity index (χ3n) is 2.67. The van der Waals surface area contributed by atoms with Gasteiger partial charge in [0.25, 0.3) is 0 Å². The lowest BCUT2D eigenvalue weighted by molar-refractivity contribution is 0.628. The Morgan fingerprint density at radius 3 is 2.56 bits per heavy atom. The van der Waals surface area contributed by atoms with E-state index < -0.39 is 0 Å². The maximum Gasteiger partial charge on any atom is 0.0592 e. The molecule has 0 aliphatic heterocycles. The molecule has 0 aliphatic carbocycles. The smallest absolute Gasteiger partial charge is 0.0592 e. The molecule has 1 aromatic carbocycles. The molecule has 0 radical (unpaired) electrons. The second kappa shape index (κ2) is 6.32. The fourth-order valence-electron chi connectivity index (χ4n) is 1.87. The molecule has 2 rings (SSSR count). The van der Waals surface area contributed by atoms with Crippen LogP contribution in [0, 0.1) is 0 Å². The summed E-state index contributed by atoms with van der Waals surface area (Å²) in [5, 5.41) is 4.21. The highest BCUT2D eigenvalue weighted by molar-refractivity contribution is 9.10. The standard InChI is InChI=1S/C14H14BrClN2/c1-2-18-14(10-3-5-13(16)6-4-10)11-7-12(15)9-17-8-11/h3-9,14,18H,2H2,1H3. The van der Waals surface area contributed by atoms with Crippen molar-refractivity contribution in [3.63, 3.8) is 0 Å². The lowest BCUT2D eigenvalue weighted by atomic mass is 10.0. The normalized spacial score (nSPS) is 12.4. The predicted octanol–water partition coefficient (Wildman–Crippen LogP) is 4.20. The Morgan fingerprint density at radius 2 is 1.94 bits per heavy atom. The number of hydrogen-bond donors (Lipinski definition) is 1. The Labute approximate surface area is 121 Å². The van der Waals surface area contributed by atoms with Gasteiger partial charge in [0.2, 0.25) is 0 Å². The molecule has 0 saturated carbocycles. The fourth-order valence-corrected chi connectivity index (χ4v) is 2.38. The number of nitrogens with zero attached hydrogens (tertiary/aromatic N) is 1. The van der Waals surface area contributed by atoms with Gasteiger partial charge in [-0.05, 0) is 51.8 Å². The molecule has 1 heterocycles. The zero-order chi connectivity index (χ0) is 13.0. The van der Waals surface area contributed by atoms with Gasteiger partial charge in [0.15, 0.2) is 0 Å². The first-order chi connectivity index (χ1) is 8.70. The second-order valence-corrected chi connectivity index (χ2v) is 5.33. The van der Waals surface area contributed by atoms with E-state index in [0.29, 0.717) is 0 Å². The highest BCUT2D eigenvalue weighted by Crippen LogP contribution is 2.24. The van der Waals surface area contributed by atoms with Crippen LogP contribution in [0.2, 0.25) is 5.02 Å². The first kappa shape index (κ1) is 13.5. The van der Waals surface area contributed by atoms with E-state index in [1.165, 1.54) is 5.56 Å². The van der Waals surface area contributed by atoms with Gasteiger partial charge in [-0.3, -0.25) is 4.98 Å². The largest absolute Gasteiger partial charge is 0.306 e. The zero-order valence-electron chi connectivity index (χ0n) is 10.0. The second-order valence-electron chi connectivity index (χ2n) is 3.98. The third kappa shape index (κ3) is 3.31. The van der Waals surface area contributed by atoms with E-state index in [2.05, 4.69) is 39.2 Å². The number of pyridine rings is 1. The van der Waals surface area contributed by atoms with Crippen molar-refractivity contribution in [1.82, 2.24) is 10.3 Å². The average Bonchev–Trinajstić information content (AvgIpc) is 2.37. The summed E-state index contributed by atoms with van der Waals surface area (Å²) in [6.07, 6.45) is 3.67. The van der Waals surface area contributed by atoms with E-state index in [-0.39, 0.29) is 6.04 Å². The first-order valence-corrected chi connectivity index (χ1v) is 6.97. The Morgan fingerprint density at radius 1 is 1.22 bits per heavy atom. The van der Waals surface area contributed by atoms with Gasteiger partial charge in [-0.2, -0.15) is 0 Å². The van der Waals surface area contributed by atoms with Crippen LogP contribution in [0.15, 0.2) is 47.2 Å². The van der Waals surface area contributed by atoms with Gasteiger partial charge in [0.05, 0.1) is 6.04 Å². The van der Waals surface area contributed by atoms with Crippen LogP contribution in [0.3, 0.4) is 0 Å². The number of nitrogens with one attached hydrogen (secondary N) is 1. The minimum Gasteiger partial charge on any atom is -0.306 e. The Kier molecular flexibility index (Phi) is 4.75. The van der Waals surface area contributed by atoms with Crippen molar-refractivity contribution in [3.8, 4) is 0 Å². The van der Waals surface area contributed by atoms with Crippen molar-refractivity contribution in [3.05, 3.63) is 63.3 Å². The third-order valence-corrected chi connectivity index (χ3v) is 3.36. The summed E-state index contributed by atoms with van der Waals surface area (Å²) in [5.41, 5.74) is 2.31. The highest BCUT2D eigenvalue weighted by Gasteiger charge is 2.13. The predicted molar refractivity (Wildman–Crippen MR) is 78.9 cm³/mol. The van der Waals surface area contributed by atoms with Crippen LogP contribution in [0.1, 0.15) is 24.1 Å². The number of rotatable bonds is 4. The van der Waals surface area contributed by atoms with Gasteiger partial charge in [0, 0.05) is 21.9 Å². The molecule has 0 fully saturated rings. The molecular weight excluding hydrogens is 312 g/mol. The van der Waals surface area contributed by atoms with Crippen molar-refractivity contribution in [2.45, 2.75) is 13.0 Å². The summed E-state index contributed by atoms with van der Waals surface area (Å²) < 4.78 is 0.983. The molecular formula is C14H14BrClN2. The summed E-state index contributed by atoms with van der Waals surface area (Å²) in [4.78, 5) is 4.22. The quantitative estimate of drug-likeness (QED) is 0.911. The molecule has 0 saturated heterocycles. The lowest BCUT2D eigenvalue weighted by Crippen LogP contribution is -2.22. The average molecular weight is 326 g/mol. The molecule has 94 valence electrons. The van der Waals surface area contributed by atoms with E-state index in [1.54, 1.807) is 6.20 Å². The van der Waals surface area contributed by atoms with Crippen molar-refractivity contribution < 1.29 is 0 Å². The van der Waals surface area contributed by atoms with E-state index >= 15 is 0 Å². The van der Waals surface area contributed by atoms with E-state index in [4.69, 9.17) is 11.6 Å². The molecule has 0 amide bonds. The molecule has 18 heavy (non-hydrogen) atoms. The minimum atomic E-state index is 0.136. The lowest BCUT2D eigenvalue weighted by Gasteiger charge is -2.18. The zero-order valence-corrected chi connectivity index (χ0v) is 12.4. The van der Waals surface area contributed by atoms with Crippen LogP contribution in [0.4, 0.5) is 0 Å². The van der Waals surface area contributed by atoms with E-state index in [9.17, 15) is 0 Å². The number of halogens is 2. The van der Waals surface area contributed by atoms with Crippen LogP contribution < -0.4 is 5.32 Å². The molecule has 1 aromatic heterocycles. The molecule has 0 spiro atoms. The van der Waals surface area contributed by atoms with E-state index in [1.807, 2.05) is 30.5 Å². The Hall–Kier alpha value is -0.900. The van der Waals surface area contributed by atoms with Gasteiger partial charge >= 0.3 is 0 Å². The summed E-state index contributed by atoms with van der Waals surface area (Å²) in [6.45, 7) is 2.98. The highest BCUT2D eigenvalue weighted by atomic mass is 79.9. The van der Waals surface area contributed by atoms with Crippen LogP contribution in [0.5, 0.6) is 0 Å². The summed E-state index contributed by atoms with van der Waals surface area (Å²) in [6, 6.07) is 10.1. The summed E-state index contributed by atoms with van der Waals surface area (Å²) >= 11 is 9.38. The Bertz CT molecular complexity index is 513. The Balaban J connectivity index is 2.36. The van der Waals surface area contributed by atoms with Crippen molar-refractivity contribution >= 4 is 27.5 Å². The molecule has 0 aliphatic rings. The monoisotopic (exact) mass is 324 g/mol. The molecule has 1 N–H and O–H groups in total. The summed E-state index contributed by atoms with van der Waals surface area (Å²) in [7, 11) is 0. The number of benzene rings is 1. The topological polar surface area (TPSA) is 24.9 Å². The minimum absolute atomic E-state index is 0.136. The molecule has 1 atom stereocenters. The van der Waals surface area contributed by atoms with Crippen molar-refractivity contribution in [1.29, 1.82) is 0 Å². The van der Waals surface area contributed by atoms with Crippen LogP contribution in [-0.4, -0.2) is 11.5 Å². The van der Waals surface area contributed by atoms with Gasteiger partial charge in [-0.25, -0.2) is 0 Å². The van der Waals surface area contributed by atoms with Gasteiger partial charge in [0.1, 0.15) is 0 Å². The number of hydrogen-bond acceptors (Lipinski definition) is 2. The maximum absolute atomic E-state index is 5.92. The van der Waals surface area contributed by atoms with E-state index in [0.717, 1.165) is 21.6 Å². The maximum atomic E-state index is 5.92. The fraction of sp³-hybridized carbons (Fsp3) is 0.214. The van der Waals surface area contributed by atoms with Gasteiger partial charge in [-0.1, -0.05) is 30.7 Å². The van der Waals surface area contributed by atoms with Crippen LogP contribution >= 0.6 is 27.5 Å². The molecule has 0 bridgehead atoms. The first-order valence-electron chi connectivity index (χ1n) is 5.80. The molecule has 1 unspecified atom stereocenters. The molecule has 2 nitrogen and oxygen atoms in total. The molecule has 4 heteroatoms. The van der Waals surface area contributed by atoms with Crippen LogP contribution in [0.25, 0.3) is 0 Å². The summed E-state index contributed by atoms with van der Waals surface area (Å²) in [5.74, 6) is 0. The molecule has 2 aromatic rings. The van der Waals surface area contributed by atoms with Crippen LogP contribution in [-0.2, 0) is 0 Å². The van der Waals surface area contributed by atoms with Gasteiger partial charge < -0.3 is 5.32 Å². The number of aromatic nitrogens is 1. The van der Waals surface area contributed by atoms with Crippen molar-refractivity contribution in [2.75, 3.05) is 6.54 Å². The van der Waals surface area contributed by atoms with Crippen molar-refractivity contribution in [2.24, 2.45) is 0 Å². The van der Waals surface area contributed by atoms with Gasteiger partial charge in [-0.15, -0.1) is 0 Å².